The summed E-state index contributed by atoms with van der Waals surface area (Å²) in [5.41, 5.74) is 5.06. The van der Waals surface area contributed by atoms with Gasteiger partial charge in [0.05, 0.1) is 0 Å². The number of hydrogen-bond donors (Lipinski definition) is 0. The Labute approximate surface area is 207 Å². The first-order valence-corrected chi connectivity index (χ1v) is 12.5. The third-order valence-corrected chi connectivity index (χ3v) is 6.41. The highest BCUT2D eigenvalue weighted by molar-refractivity contribution is 5.97. The van der Waals surface area contributed by atoms with E-state index in [4.69, 9.17) is 4.42 Å². The molecular formula is C29H34FN3O2. The van der Waals surface area contributed by atoms with Crippen molar-refractivity contribution in [1.82, 2.24) is 14.8 Å². The SMILES string of the molecule is CCCC=C1C=CC(C2=CCN(CCC)CC2)=CN1C(=O)C=C(C)c1cc(F)c2nc(C)oc2c1. The van der Waals surface area contributed by atoms with Crippen LogP contribution in [0, 0.1) is 12.7 Å². The molecule has 2 aliphatic rings. The van der Waals surface area contributed by atoms with Crippen molar-refractivity contribution in [3.05, 3.63) is 82.8 Å². The number of hydrogen-bond acceptors (Lipinski definition) is 4. The first-order valence-electron chi connectivity index (χ1n) is 12.5. The van der Waals surface area contributed by atoms with E-state index in [0.717, 1.165) is 56.6 Å². The molecule has 184 valence electrons. The Balaban J connectivity index is 1.62. The second-order valence-electron chi connectivity index (χ2n) is 9.19. The summed E-state index contributed by atoms with van der Waals surface area (Å²) >= 11 is 0. The second-order valence-corrected chi connectivity index (χ2v) is 9.19. The van der Waals surface area contributed by atoms with E-state index in [9.17, 15) is 9.18 Å². The minimum atomic E-state index is -0.456. The molecule has 0 radical (unpaired) electrons. The summed E-state index contributed by atoms with van der Waals surface area (Å²) in [5, 5.41) is 0. The van der Waals surface area contributed by atoms with Crippen LogP contribution in [-0.4, -0.2) is 40.3 Å². The molecule has 0 saturated carbocycles. The summed E-state index contributed by atoms with van der Waals surface area (Å²) in [6.07, 6.45) is 16.0. The van der Waals surface area contributed by atoms with Gasteiger partial charge in [0.1, 0.15) is 5.52 Å². The van der Waals surface area contributed by atoms with Crippen LogP contribution in [0.2, 0.25) is 0 Å². The highest BCUT2D eigenvalue weighted by Crippen LogP contribution is 2.29. The van der Waals surface area contributed by atoms with Gasteiger partial charge in [-0.05, 0) is 73.2 Å². The van der Waals surface area contributed by atoms with Crippen LogP contribution in [0.25, 0.3) is 16.7 Å². The Bertz CT molecular complexity index is 1260. The first kappa shape index (κ1) is 24.9. The van der Waals surface area contributed by atoms with Crippen LogP contribution < -0.4 is 0 Å². The van der Waals surface area contributed by atoms with Gasteiger partial charge in [-0.2, -0.15) is 0 Å². The van der Waals surface area contributed by atoms with Gasteiger partial charge in [-0.15, -0.1) is 0 Å². The number of halogens is 1. The van der Waals surface area contributed by atoms with Crippen LogP contribution in [0.5, 0.6) is 0 Å². The summed E-state index contributed by atoms with van der Waals surface area (Å²) in [7, 11) is 0. The van der Waals surface area contributed by atoms with Crippen molar-refractivity contribution in [3.63, 3.8) is 0 Å². The Hall–Kier alpha value is -3.25. The van der Waals surface area contributed by atoms with E-state index >= 15 is 0 Å². The quantitative estimate of drug-likeness (QED) is 0.419. The Morgan fingerprint density at radius 1 is 1.23 bits per heavy atom. The van der Waals surface area contributed by atoms with Crippen molar-refractivity contribution in [3.8, 4) is 0 Å². The summed E-state index contributed by atoms with van der Waals surface area (Å²) in [6, 6.07) is 3.14. The Morgan fingerprint density at radius 2 is 2.06 bits per heavy atom. The zero-order valence-corrected chi connectivity index (χ0v) is 21.1. The highest BCUT2D eigenvalue weighted by Gasteiger charge is 2.21. The molecule has 3 heterocycles. The minimum Gasteiger partial charge on any atom is -0.441 e. The van der Waals surface area contributed by atoms with E-state index in [2.05, 4.69) is 42.0 Å². The maximum absolute atomic E-state index is 14.6. The van der Waals surface area contributed by atoms with Gasteiger partial charge in [-0.3, -0.25) is 14.6 Å². The number of oxazole rings is 1. The minimum absolute atomic E-state index is 0.162. The van der Waals surface area contributed by atoms with Crippen molar-refractivity contribution in [2.75, 3.05) is 19.6 Å². The number of carbonyl (C=O) groups excluding carboxylic acids is 1. The van der Waals surface area contributed by atoms with E-state index in [0.29, 0.717) is 22.6 Å². The fourth-order valence-electron chi connectivity index (χ4n) is 4.51. The van der Waals surface area contributed by atoms with Crippen molar-refractivity contribution in [1.29, 1.82) is 0 Å². The molecule has 0 saturated heterocycles. The van der Waals surface area contributed by atoms with Crippen molar-refractivity contribution in [2.45, 2.75) is 53.4 Å². The number of benzene rings is 1. The Morgan fingerprint density at radius 3 is 2.77 bits per heavy atom. The number of aryl methyl sites for hydroxylation is 1. The third kappa shape index (κ3) is 5.70. The van der Waals surface area contributed by atoms with E-state index in [1.807, 2.05) is 19.2 Å². The molecule has 0 spiro atoms. The predicted molar refractivity (Wildman–Crippen MR) is 139 cm³/mol. The van der Waals surface area contributed by atoms with E-state index in [-0.39, 0.29) is 11.4 Å². The van der Waals surface area contributed by atoms with Gasteiger partial charge < -0.3 is 4.42 Å². The summed E-state index contributed by atoms with van der Waals surface area (Å²) in [4.78, 5) is 21.7. The largest absolute Gasteiger partial charge is 0.441 e. The molecule has 1 amide bonds. The number of rotatable bonds is 7. The monoisotopic (exact) mass is 475 g/mol. The van der Waals surface area contributed by atoms with Crippen molar-refractivity contribution in [2.24, 2.45) is 0 Å². The maximum atomic E-state index is 14.6. The zero-order chi connectivity index (χ0) is 24.9. The lowest BCUT2D eigenvalue weighted by atomic mass is 9.97. The van der Waals surface area contributed by atoms with Crippen LogP contribution in [0.15, 0.2) is 70.0 Å². The number of carbonyl (C=O) groups is 1. The number of unbranched alkanes of at least 4 members (excludes halogenated alkanes) is 1. The molecule has 0 unspecified atom stereocenters. The normalized spacial score (nSPS) is 18.4. The van der Waals surface area contributed by atoms with Crippen LogP contribution in [0.1, 0.15) is 57.9 Å². The molecular weight excluding hydrogens is 441 g/mol. The van der Waals surface area contributed by atoms with E-state index in [1.165, 1.54) is 11.6 Å². The van der Waals surface area contributed by atoms with Crippen LogP contribution >= 0.6 is 0 Å². The lowest BCUT2D eigenvalue weighted by Gasteiger charge is -2.29. The van der Waals surface area contributed by atoms with E-state index in [1.54, 1.807) is 24.0 Å². The van der Waals surface area contributed by atoms with Crippen molar-refractivity contribution < 1.29 is 13.6 Å². The lowest BCUT2D eigenvalue weighted by molar-refractivity contribution is -0.122. The van der Waals surface area contributed by atoms with Gasteiger partial charge in [0.15, 0.2) is 17.3 Å². The molecule has 1 aromatic heterocycles. The second kappa shape index (κ2) is 11.0. The van der Waals surface area contributed by atoms with Crippen molar-refractivity contribution >= 4 is 22.6 Å². The van der Waals surface area contributed by atoms with E-state index < -0.39 is 5.82 Å². The summed E-state index contributed by atoms with van der Waals surface area (Å²) in [5.74, 6) is -0.209. The number of aromatic nitrogens is 1. The third-order valence-electron chi connectivity index (χ3n) is 6.41. The molecule has 2 aromatic rings. The lowest BCUT2D eigenvalue weighted by Crippen LogP contribution is -2.30. The number of allylic oxidation sites excluding steroid dienone is 5. The molecule has 0 fully saturated rings. The van der Waals surface area contributed by atoms with Gasteiger partial charge in [-0.1, -0.05) is 38.5 Å². The van der Waals surface area contributed by atoms with Gasteiger partial charge in [-0.25, -0.2) is 9.37 Å². The highest BCUT2D eigenvalue weighted by atomic mass is 19.1. The van der Waals surface area contributed by atoms with Crippen LogP contribution in [-0.2, 0) is 4.79 Å². The number of amides is 1. The number of nitrogens with zero attached hydrogens (tertiary/aromatic N) is 3. The van der Waals surface area contributed by atoms with Gasteiger partial charge >= 0.3 is 0 Å². The molecule has 2 aliphatic heterocycles. The van der Waals surface area contributed by atoms with Gasteiger partial charge in [0.25, 0.3) is 5.91 Å². The summed E-state index contributed by atoms with van der Waals surface area (Å²) in [6.45, 7) is 10.9. The number of fused-ring (bicyclic) bond motifs is 1. The molecule has 4 rings (SSSR count). The first-order chi connectivity index (χ1) is 16.9. The Kier molecular flexibility index (Phi) is 7.81. The average molecular weight is 476 g/mol. The zero-order valence-electron chi connectivity index (χ0n) is 21.1. The average Bonchev–Trinajstić information content (AvgIpc) is 3.24. The standard InChI is InChI=1S/C29H34FN3O2/c1-5-7-8-25-10-9-23(22-11-14-32(13-6-2)15-12-22)19-33(25)28(34)16-20(3)24-17-26(30)29-27(18-24)35-21(4)31-29/h8-11,16-19H,5-7,12-15H2,1-4H3. The summed E-state index contributed by atoms with van der Waals surface area (Å²) < 4.78 is 20.1. The van der Waals surface area contributed by atoms with Crippen LogP contribution in [0.3, 0.4) is 0 Å². The molecule has 6 heteroatoms. The topological polar surface area (TPSA) is 49.6 Å². The predicted octanol–water partition coefficient (Wildman–Crippen LogP) is 6.69. The molecule has 5 nitrogen and oxygen atoms in total. The van der Waals surface area contributed by atoms with Gasteiger partial charge in [0, 0.05) is 38.0 Å². The van der Waals surface area contributed by atoms with Crippen LogP contribution in [0.4, 0.5) is 4.39 Å². The molecule has 35 heavy (non-hydrogen) atoms. The maximum Gasteiger partial charge on any atom is 0.255 e. The fraction of sp³-hybridized carbons (Fsp3) is 0.379. The molecule has 0 bridgehead atoms. The van der Waals surface area contributed by atoms with Gasteiger partial charge in [0.2, 0.25) is 0 Å². The fourth-order valence-corrected chi connectivity index (χ4v) is 4.51. The molecule has 0 aliphatic carbocycles. The molecule has 1 aromatic carbocycles. The molecule has 0 N–H and O–H groups in total. The molecule has 0 atom stereocenters. The smallest absolute Gasteiger partial charge is 0.255 e.